The fraction of sp³-hybridized carbons (Fsp3) is 0.286. The van der Waals surface area contributed by atoms with Crippen LogP contribution in [0, 0.1) is 12.7 Å². The molecule has 0 aliphatic rings. The van der Waals surface area contributed by atoms with Crippen molar-refractivity contribution >= 4 is 51.6 Å². The molecule has 3 rings (SSSR count). The molecule has 0 radical (unpaired) electrons. The minimum Gasteiger partial charge on any atom is -0.462 e. The van der Waals surface area contributed by atoms with Crippen LogP contribution in [-0.2, 0) is 16.0 Å². The van der Waals surface area contributed by atoms with Crippen LogP contribution in [0.1, 0.15) is 45.0 Å². The minimum atomic E-state index is -0.584. The van der Waals surface area contributed by atoms with Gasteiger partial charge >= 0.3 is 11.9 Å². The highest BCUT2D eigenvalue weighted by molar-refractivity contribution is 7.80. The van der Waals surface area contributed by atoms with Gasteiger partial charge in [-0.15, -0.1) is 16.4 Å². The van der Waals surface area contributed by atoms with Gasteiger partial charge in [0.15, 0.2) is 5.11 Å². The summed E-state index contributed by atoms with van der Waals surface area (Å²) in [4.78, 5) is 29.2. The van der Waals surface area contributed by atoms with Crippen LogP contribution in [0.4, 0.5) is 15.3 Å². The van der Waals surface area contributed by atoms with Crippen LogP contribution in [0.5, 0.6) is 0 Å². The van der Waals surface area contributed by atoms with Gasteiger partial charge in [-0.3, -0.25) is 5.32 Å². The fourth-order valence-electron chi connectivity index (χ4n) is 2.91. The van der Waals surface area contributed by atoms with E-state index < -0.39 is 11.9 Å². The zero-order valence-electron chi connectivity index (χ0n) is 18.2. The molecular weight excluding hydrogens is 469 g/mol. The summed E-state index contributed by atoms with van der Waals surface area (Å²) in [5.41, 5.74) is 1.11. The smallest absolute Gasteiger partial charge is 0.348 e. The molecular formula is C21H22FN5O4S2. The van der Waals surface area contributed by atoms with Gasteiger partial charge in [-0.25, -0.2) is 23.6 Å². The molecule has 0 aliphatic heterocycles. The van der Waals surface area contributed by atoms with Crippen molar-refractivity contribution in [3.8, 4) is 0 Å². The zero-order chi connectivity index (χ0) is 24.0. The van der Waals surface area contributed by atoms with Crippen LogP contribution < -0.4 is 10.6 Å². The number of ether oxygens (including phenoxy) is 2. The largest absolute Gasteiger partial charge is 0.462 e. The maximum atomic E-state index is 13.9. The van der Waals surface area contributed by atoms with E-state index in [1.54, 1.807) is 39.0 Å². The van der Waals surface area contributed by atoms with Crippen molar-refractivity contribution in [1.82, 2.24) is 14.8 Å². The molecule has 0 atom stereocenters. The summed E-state index contributed by atoms with van der Waals surface area (Å²) in [6, 6.07) is 6.39. The van der Waals surface area contributed by atoms with Crippen molar-refractivity contribution < 1.29 is 23.5 Å². The second kappa shape index (κ2) is 11.0. The number of aromatic nitrogens is 3. The maximum Gasteiger partial charge on any atom is 0.348 e. The molecule has 3 aromatic rings. The van der Waals surface area contributed by atoms with E-state index in [9.17, 15) is 14.0 Å². The molecule has 12 heteroatoms. The first-order valence-electron chi connectivity index (χ1n) is 10.0. The highest BCUT2D eigenvalue weighted by Crippen LogP contribution is 2.34. The lowest BCUT2D eigenvalue weighted by Gasteiger charge is -2.09. The SMILES string of the molecule is CCOC(=O)c1sc(NC(=S)Nc2ncn(Cc3ccccc3F)n2)c(C(=O)OCC)c1C. The van der Waals surface area contributed by atoms with Gasteiger partial charge in [0.2, 0.25) is 5.95 Å². The van der Waals surface area contributed by atoms with Gasteiger partial charge in [0.05, 0.1) is 25.3 Å². The van der Waals surface area contributed by atoms with Crippen molar-refractivity contribution in [3.05, 3.63) is 58.0 Å². The van der Waals surface area contributed by atoms with E-state index in [2.05, 4.69) is 20.7 Å². The third-order valence-electron chi connectivity index (χ3n) is 4.37. The molecule has 1 aromatic carbocycles. The van der Waals surface area contributed by atoms with Crippen molar-refractivity contribution in [3.63, 3.8) is 0 Å². The van der Waals surface area contributed by atoms with Crippen molar-refractivity contribution in [2.75, 3.05) is 23.8 Å². The van der Waals surface area contributed by atoms with Crippen LogP contribution in [0.25, 0.3) is 0 Å². The summed E-state index contributed by atoms with van der Waals surface area (Å²) < 4.78 is 25.5. The predicted octanol–water partition coefficient (Wildman–Crippen LogP) is 4.00. The highest BCUT2D eigenvalue weighted by Gasteiger charge is 2.27. The quantitative estimate of drug-likeness (QED) is 0.357. The van der Waals surface area contributed by atoms with Gasteiger partial charge in [-0.05, 0) is 44.6 Å². The number of benzene rings is 1. The summed E-state index contributed by atoms with van der Waals surface area (Å²) >= 11 is 6.36. The Bertz CT molecular complexity index is 1180. The molecule has 0 saturated carbocycles. The molecule has 0 fully saturated rings. The number of carbonyl (C=O) groups excluding carboxylic acids is 2. The van der Waals surface area contributed by atoms with Gasteiger partial charge in [0.1, 0.15) is 22.0 Å². The third-order valence-corrected chi connectivity index (χ3v) is 5.76. The lowest BCUT2D eigenvalue weighted by molar-refractivity contribution is 0.0527. The Kier molecular flexibility index (Phi) is 8.06. The Morgan fingerprint density at radius 2 is 1.85 bits per heavy atom. The first kappa shape index (κ1) is 24.3. The van der Waals surface area contributed by atoms with Gasteiger partial charge in [-0.1, -0.05) is 18.2 Å². The Balaban J connectivity index is 1.75. The average Bonchev–Trinajstić information content (AvgIpc) is 3.33. The number of esters is 2. The Hall–Kier alpha value is -3.38. The molecule has 0 bridgehead atoms. The summed E-state index contributed by atoms with van der Waals surface area (Å²) in [5.74, 6) is -1.28. The molecule has 2 heterocycles. The van der Waals surface area contributed by atoms with Crippen LogP contribution in [-0.4, -0.2) is 45.0 Å². The summed E-state index contributed by atoms with van der Waals surface area (Å²) in [6.07, 6.45) is 1.44. The van der Waals surface area contributed by atoms with E-state index >= 15 is 0 Å². The number of thiophene rings is 1. The summed E-state index contributed by atoms with van der Waals surface area (Å²) in [7, 11) is 0. The van der Waals surface area contributed by atoms with E-state index in [-0.39, 0.29) is 47.1 Å². The average molecular weight is 492 g/mol. The minimum absolute atomic E-state index is 0.0980. The van der Waals surface area contributed by atoms with Gasteiger partial charge < -0.3 is 14.8 Å². The van der Waals surface area contributed by atoms with Crippen LogP contribution in [0.2, 0.25) is 0 Å². The molecule has 0 unspecified atom stereocenters. The normalized spacial score (nSPS) is 10.5. The maximum absolute atomic E-state index is 13.9. The topological polar surface area (TPSA) is 107 Å². The van der Waals surface area contributed by atoms with E-state index in [0.717, 1.165) is 11.3 Å². The molecule has 2 aromatic heterocycles. The van der Waals surface area contributed by atoms with Crippen molar-refractivity contribution in [2.45, 2.75) is 27.3 Å². The van der Waals surface area contributed by atoms with Crippen molar-refractivity contribution in [1.29, 1.82) is 0 Å². The molecule has 2 N–H and O–H groups in total. The number of nitrogens with one attached hydrogen (secondary N) is 2. The summed E-state index contributed by atoms with van der Waals surface area (Å²) in [6.45, 7) is 5.60. The molecule has 0 saturated heterocycles. The van der Waals surface area contributed by atoms with Gasteiger partial charge in [0.25, 0.3) is 0 Å². The predicted molar refractivity (Wildman–Crippen MR) is 126 cm³/mol. The first-order valence-corrected chi connectivity index (χ1v) is 11.2. The number of hydrogen-bond donors (Lipinski definition) is 2. The monoisotopic (exact) mass is 491 g/mol. The van der Waals surface area contributed by atoms with Crippen LogP contribution in [0.15, 0.2) is 30.6 Å². The van der Waals surface area contributed by atoms with Crippen LogP contribution >= 0.6 is 23.6 Å². The van der Waals surface area contributed by atoms with Crippen LogP contribution in [0.3, 0.4) is 0 Å². The number of anilines is 2. The Labute approximate surface area is 198 Å². The number of hydrogen-bond acceptors (Lipinski definition) is 8. The molecule has 9 nitrogen and oxygen atoms in total. The fourth-order valence-corrected chi connectivity index (χ4v) is 4.26. The zero-order valence-corrected chi connectivity index (χ0v) is 19.8. The Morgan fingerprint density at radius 3 is 2.55 bits per heavy atom. The van der Waals surface area contributed by atoms with E-state index in [1.807, 2.05) is 0 Å². The third kappa shape index (κ3) is 5.90. The second-order valence-electron chi connectivity index (χ2n) is 6.64. The molecule has 174 valence electrons. The molecule has 0 amide bonds. The number of carbonyl (C=O) groups is 2. The first-order chi connectivity index (χ1) is 15.8. The molecule has 33 heavy (non-hydrogen) atoms. The van der Waals surface area contributed by atoms with E-state index in [1.165, 1.54) is 17.1 Å². The lowest BCUT2D eigenvalue weighted by atomic mass is 10.1. The number of halogens is 1. The van der Waals surface area contributed by atoms with E-state index in [0.29, 0.717) is 16.1 Å². The summed E-state index contributed by atoms with van der Waals surface area (Å²) in [5, 5.41) is 10.4. The highest BCUT2D eigenvalue weighted by atomic mass is 32.1. The lowest BCUT2D eigenvalue weighted by Crippen LogP contribution is -2.21. The standard InChI is InChI=1S/C21H22FN5O4S2/c1-4-30-18(28)15-12(3)16(19(29)31-5-2)33-17(15)24-21(32)25-20-23-11-27(26-20)10-13-8-6-7-9-14(13)22/h6-9,11H,4-5,10H2,1-3H3,(H2,24,25,26,32). The number of thiocarbonyl (C=S) groups is 1. The van der Waals surface area contributed by atoms with E-state index in [4.69, 9.17) is 21.7 Å². The Morgan fingerprint density at radius 1 is 1.15 bits per heavy atom. The second-order valence-corrected chi connectivity index (χ2v) is 8.07. The van der Waals surface area contributed by atoms with Gasteiger partial charge in [-0.2, -0.15) is 0 Å². The number of nitrogens with zero attached hydrogens (tertiary/aromatic N) is 3. The van der Waals surface area contributed by atoms with Gasteiger partial charge in [0, 0.05) is 5.56 Å². The van der Waals surface area contributed by atoms with Crippen molar-refractivity contribution in [2.24, 2.45) is 0 Å². The molecule has 0 spiro atoms. The number of rotatable bonds is 8. The molecule has 0 aliphatic carbocycles.